The number of fused-ring (bicyclic) bond motifs is 1. The molecular formula is C16H24N2O3. The lowest BCUT2D eigenvalue weighted by atomic mass is 10.1. The summed E-state index contributed by atoms with van der Waals surface area (Å²) >= 11 is 0. The molecule has 5 nitrogen and oxygen atoms in total. The van der Waals surface area contributed by atoms with Gasteiger partial charge in [-0.15, -0.1) is 0 Å². The molecule has 0 saturated carbocycles. The maximum absolute atomic E-state index is 11.9. The molecule has 1 aliphatic rings. The molecule has 0 aliphatic carbocycles. The molecule has 5 heteroatoms. The number of nitrogens with two attached hydrogens (primary N) is 1. The predicted octanol–water partition coefficient (Wildman–Crippen LogP) is 2.07. The highest BCUT2D eigenvalue weighted by atomic mass is 16.5. The zero-order chi connectivity index (χ0) is 15.4. The van der Waals surface area contributed by atoms with Crippen molar-refractivity contribution in [2.75, 3.05) is 18.0 Å². The fourth-order valence-electron chi connectivity index (χ4n) is 2.42. The quantitative estimate of drug-likeness (QED) is 0.842. The Hall–Kier alpha value is -1.75. The third-order valence-corrected chi connectivity index (χ3v) is 3.46. The normalized spacial score (nSPS) is 17.4. The Bertz CT molecular complexity index is 502. The van der Waals surface area contributed by atoms with Crippen molar-refractivity contribution in [2.45, 2.75) is 45.9 Å². The molecule has 1 unspecified atom stereocenters. The summed E-state index contributed by atoms with van der Waals surface area (Å²) < 4.78 is 11.2. The van der Waals surface area contributed by atoms with Gasteiger partial charge in [-0.1, -0.05) is 13.0 Å². The van der Waals surface area contributed by atoms with Gasteiger partial charge in [-0.2, -0.15) is 0 Å². The SMILES string of the molecule is CCC1CN(CC(=O)OC(C)C)c2ccc(CN)cc2O1. The molecule has 21 heavy (non-hydrogen) atoms. The van der Waals surface area contributed by atoms with Gasteiger partial charge in [0.05, 0.1) is 18.3 Å². The van der Waals surface area contributed by atoms with Gasteiger partial charge < -0.3 is 20.1 Å². The molecule has 0 saturated heterocycles. The average molecular weight is 292 g/mol. The van der Waals surface area contributed by atoms with Crippen molar-refractivity contribution in [1.29, 1.82) is 0 Å². The number of benzene rings is 1. The number of carbonyl (C=O) groups excluding carboxylic acids is 1. The van der Waals surface area contributed by atoms with Crippen molar-refractivity contribution >= 4 is 11.7 Å². The fourth-order valence-corrected chi connectivity index (χ4v) is 2.42. The number of rotatable bonds is 5. The van der Waals surface area contributed by atoms with Crippen molar-refractivity contribution in [3.8, 4) is 5.75 Å². The van der Waals surface area contributed by atoms with Crippen LogP contribution in [0.3, 0.4) is 0 Å². The standard InChI is InChI=1S/C16H24N2O3/c1-4-13-9-18(10-16(19)20-11(2)3)14-6-5-12(8-17)7-15(14)21-13/h5-7,11,13H,4,8-10,17H2,1-3H3. The van der Waals surface area contributed by atoms with Gasteiger partial charge in [-0.05, 0) is 38.0 Å². The number of hydrogen-bond donors (Lipinski definition) is 1. The van der Waals surface area contributed by atoms with Crippen LogP contribution >= 0.6 is 0 Å². The Labute approximate surface area is 126 Å². The minimum atomic E-state index is -0.212. The van der Waals surface area contributed by atoms with Crippen molar-refractivity contribution in [3.63, 3.8) is 0 Å². The lowest BCUT2D eigenvalue weighted by molar-refractivity contribution is -0.145. The Morgan fingerprint density at radius 3 is 2.90 bits per heavy atom. The summed E-state index contributed by atoms with van der Waals surface area (Å²) in [5, 5.41) is 0. The Morgan fingerprint density at radius 2 is 2.29 bits per heavy atom. The van der Waals surface area contributed by atoms with E-state index in [0.29, 0.717) is 13.1 Å². The molecular weight excluding hydrogens is 268 g/mol. The van der Waals surface area contributed by atoms with E-state index >= 15 is 0 Å². The number of nitrogens with zero attached hydrogens (tertiary/aromatic N) is 1. The van der Waals surface area contributed by atoms with Gasteiger partial charge in [0.2, 0.25) is 0 Å². The number of carbonyl (C=O) groups is 1. The average Bonchev–Trinajstić information content (AvgIpc) is 2.45. The van der Waals surface area contributed by atoms with Crippen LogP contribution in [-0.4, -0.2) is 31.3 Å². The second kappa shape index (κ2) is 6.80. The van der Waals surface area contributed by atoms with Gasteiger partial charge in [0.15, 0.2) is 0 Å². The van der Waals surface area contributed by atoms with Crippen LogP contribution in [0.2, 0.25) is 0 Å². The second-order valence-electron chi connectivity index (χ2n) is 5.57. The molecule has 116 valence electrons. The molecule has 1 aromatic rings. The van der Waals surface area contributed by atoms with Crippen LogP contribution in [0.1, 0.15) is 32.8 Å². The first kappa shape index (κ1) is 15.6. The monoisotopic (exact) mass is 292 g/mol. The Balaban J connectivity index is 2.20. The lowest BCUT2D eigenvalue weighted by Gasteiger charge is -2.35. The van der Waals surface area contributed by atoms with E-state index in [1.54, 1.807) is 0 Å². The molecule has 1 aliphatic heterocycles. The van der Waals surface area contributed by atoms with Gasteiger partial charge in [0.1, 0.15) is 18.4 Å². The maximum atomic E-state index is 11.9. The van der Waals surface area contributed by atoms with Gasteiger partial charge in [0.25, 0.3) is 0 Å². The topological polar surface area (TPSA) is 64.8 Å². The molecule has 0 radical (unpaired) electrons. The van der Waals surface area contributed by atoms with E-state index in [-0.39, 0.29) is 24.7 Å². The van der Waals surface area contributed by atoms with Crippen LogP contribution < -0.4 is 15.4 Å². The molecule has 0 fully saturated rings. The summed E-state index contributed by atoms with van der Waals surface area (Å²) in [4.78, 5) is 14.0. The van der Waals surface area contributed by atoms with Crippen molar-refractivity contribution < 1.29 is 14.3 Å². The highest BCUT2D eigenvalue weighted by Crippen LogP contribution is 2.34. The van der Waals surface area contributed by atoms with Crippen LogP contribution in [0.4, 0.5) is 5.69 Å². The van der Waals surface area contributed by atoms with Gasteiger partial charge in [-0.3, -0.25) is 4.79 Å². The summed E-state index contributed by atoms with van der Waals surface area (Å²) in [7, 11) is 0. The zero-order valence-electron chi connectivity index (χ0n) is 13.0. The van der Waals surface area contributed by atoms with Gasteiger partial charge >= 0.3 is 5.97 Å². The van der Waals surface area contributed by atoms with Gasteiger partial charge in [0, 0.05) is 6.54 Å². The van der Waals surface area contributed by atoms with E-state index < -0.39 is 0 Å². The first-order chi connectivity index (χ1) is 10.0. The largest absolute Gasteiger partial charge is 0.486 e. The smallest absolute Gasteiger partial charge is 0.325 e. The second-order valence-corrected chi connectivity index (χ2v) is 5.57. The first-order valence-electron chi connectivity index (χ1n) is 7.47. The van der Waals surface area contributed by atoms with E-state index in [4.69, 9.17) is 15.2 Å². The number of anilines is 1. The number of esters is 1. The van der Waals surface area contributed by atoms with Crippen molar-refractivity contribution in [2.24, 2.45) is 5.73 Å². The van der Waals surface area contributed by atoms with Crippen LogP contribution in [0.15, 0.2) is 18.2 Å². The minimum Gasteiger partial charge on any atom is -0.486 e. The first-order valence-corrected chi connectivity index (χ1v) is 7.47. The van der Waals surface area contributed by atoms with Gasteiger partial charge in [-0.25, -0.2) is 0 Å². The van der Waals surface area contributed by atoms with Crippen LogP contribution in [0, 0.1) is 0 Å². The van der Waals surface area contributed by atoms with Crippen molar-refractivity contribution in [1.82, 2.24) is 0 Å². The van der Waals surface area contributed by atoms with E-state index in [0.717, 1.165) is 23.4 Å². The van der Waals surface area contributed by atoms with E-state index in [1.807, 2.05) is 36.9 Å². The third kappa shape index (κ3) is 3.88. The minimum absolute atomic E-state index is 0.0809. The molecule has 2 rings (SSSR count). The van der Waals surface area contributed by atoms with E-state index in [1.165, 1.54) is 0 Å². The number of ether oxygens (including phenoxy) is 2. The summed E-state index contributed by atoms with van der Waals surface area (Å²) in [6.07, 6.45) is 0.874. The number of hydrogen-bond acceptors (Lipinski definition) is 5. The molecule has 2 N–H and O–H groups in total. The fraction of sp³-hybridized carbons (Fsp3) is 0.562. The summed E-state index contributed by atoms with van der Waals surface area (Å²) in [5.41, 5.74) is 7.63. The van der Waals surface area contributed by atoms with E-state index in [9.17, 15) is 4.79 Å². The van der Waals surface area contributed by atoms with Crippen LogP contribution in [0.25, 0.3) is 0 Å². The molecule has 0 amide bonds. The zero-order valence-corrected chi connectivity index (χ0v) is 13.0. The molecule has 0 aromatic heterocycles. The highest BCUT2D eigenvalue weighted by molar-refractivity contribution is 5.77. The highest BCUT2D eigenvalue weighted by Gasteiger charge is 2.26. The summed E-state index contributed by atoms with van der Waals surface area (Å²) in [6, 6.07) is 5.89. The molecule has 0 bridgehead atoms. The molecule has 0 spiro atoms. The Kier molecular flexibility index (Phi) is 5.07. The molecule has 1 atom stereocenters. The molecule has 1 heterocycles. The predicted molar refractivity (Wildman–Crippen MR) is 82.5 cm³/mol. The maximum Gasteiger partial charge on any atom is 0.325 e. The van der Waals surface area contributed by atoms with Crippen LogP contribution in [-0.2, 0) is 16.1 Å². The summed E-state index contributed by atoms with van der Waals surface area (Å²) in [6.45, 7) is 7.20. The molecule has 1 aromatic carbocycles. The summed E-state index contributed by atoms with van der Waals surface area (Å²) in [5.74, 6) is 0.587. The third-order valence-electron chi connectivity index (χ3n) is 3.46. The van der Waals surface area contributed by atoms with E-state index in [2.05, 4.69) is 6.92 Å². The van der Waals surface area contributed by atoms with Crippen LogP contribution in [0.5, 0.6) is 5.75 Å². The lowest BCUT2D eigenvalue weighted by Crippen LogP contribution is -2.43. The van der Waals surface area contributed by atoms with Crippen molar-refractivity contribution in [3.05, 3.63) is 23.8 Å². The Morgan fingerprint density at radius 1 is 1.52 bits per heavy atom.